The fraction of sp³-hybridized carbons (Fsp3) is 0.562. The van der Waals surface area contributed by atoms with E-state index in [1.165, 1.54) is 0 Å². The van der Waals surface area contributed by atoms with Crippen LogP contribution in [0.3, 0.4) is 0 Å². The molecule has 0 aliphatic carbocycles. The molecule has 1 amide bonds. The molecule has 0 heterocycles. The third-order valence-electron chi connectivity index (χ3n) is 3.70. The van der Waals surface area contributed by atoms with Crippen molar-refractivity contribution in [3.8, 4) is 0 Å². The highest BCUT2D eigenvalue weighted by Gasteiger charge is 2.16. The van der Waals surface area contributed by atoms with E-state index in [0.717, 1.165) is 12.0 Å². The number of benzene rings is 1. The molecule has 0 aromatic heterocycles. The molecule has 0 aliphatic rings. The molecule has 112 valence electrons. The van der Waals surface area contributed by atoms with Crippen molar-refractivity contribution in [3.63, 3.8) is 0 Å². The summed E-state index contributed by atoms with van der Waals surface area (Å²) in [6.07, 6.45) is 1.15. The van der Waals surface area contributed by atoms with E-state index in [1.807, 2.05) is 37.4 Å². The lowest BCUT2D eigenvalue weighted by Gasteiger charge is -2.23. The SMILES string of the molecule is CC(C)C(N)CCN(C)C(=O)CC(N)c1ccccc1. The highest BCUT2D eigenvalue weighted by Crippen LogP contribution is 2.14. The van der Waals surface area contributed by atoms with Gasteiger partial charge >= 0.3 is 0 Å². The summed E-state index contributed by atoms with van der Waals surface area (Å²) in [7, 11) is 1.81. The summed E-state index contributed by atoms with van der Waals surface area (Å²) < 4.78 is 0. The van der Waals surface area contributed by atoms with E-state index < -0.39 is 0 Å². The number of amides is 1. The van der Waals surface area contributed by atoms with Gasteiger partial charge in [-0.15, -0.1) is 0 Å². The lowest BCUT2D eigenvalue weighted by Crippen LogP contribution is -2.35. The first-order valence-electron chi connectivity index (χ1n) is 7.22. The molecule has 0 aliphatic heterocycles. The van der Waals surface area contributed by atoms with Crippen LogP contribution in [0.2, 0.25) is 0 Å². The lowest BCUT2D eigenvalue weighted by molar-refractivity contribution is -0.130. The van der Waals surface area contributed by atoms with E-state index in [-0.39, 0.29) is 18.0 Å². The molecule has 0 bridgehead atoms. The smallest absolute Gasteiger partial charge is 0.224 e. The van der Waals surface area contributed by atoms with E-state index in [2.05, 4.69) is 13.8 Å². The molecule has 4 heteroatoms. The maximum atomic E-state index is 12.1. The van der Waals surface area contributed by atoms with E-state index in [0.29, 0.717) is 18.9 Å². The standard InChI is InChI=1S/C16H27N3O/c1-12(2)14(17)9-10-19(3)16(20)11-15(18)13-7-5-4-6-8-13/h4-8,12,14-15H,9-11,17-18H2,1-3H3. The van der Waals surface area contributed by atoms with Gasteiger partial charge in [0.2, 0.25) is 5.91 Å². The molecule has 4 N–H and O–H groups in total. The third kappa shape index (κ3) is 5.31. The molecule has 20 heavy (non-hydrogen) atoms. The lowest BCUT2D eigenvalue weighted by atomic mass is 10.0. The molecule has 0 fully saturated rings. The summed E-state index contributed by atoms with van der Waals surface area (Å²) in [5.74, 6) is 0.502. The second-order valence-corrected chi connectivity index (χ2v) is 5.73. The Bertz CT molecular complexity index is 405. The summed E-state index contributed by atoms with van der Waals surface area (Å²) in [6, 6.07) is 9.60. The predicted molar refractivity (Wildman–Crippen MR) is 83.1 cm³/mol. The Morgan fingerprint density at radius 1 is 1.20 bits per heavy atom. The zero-order valence-corrected chi connectivity index (χ0v) is 12.8. The van der Waals surface area contributed by atoms with E-state index in [4.69, 9.17) is 11.5 Å². The molecule has 1 aromatic carbocycles. The Hall–Kier alpha value is -1.39. The monoisotopic (exact) mass is 277 g/mol. The average molecular weight is 277 g/mol. The minimum Gasteiger partial charge on any atom is -0.346 e. The van der Waals surface area contributed by atoms with Crippen LogP contribution in [0.15, 0.2) is 30.3 Å². The number of carbonyl (C=O) groups is 1. The van der Waals surface area contributed by atoms with Gasteiger partial charge in [0, 0.05) is 32.1 Å². The molecular weight excluding hydrogens is 250 g/mol. The first kappa shape index (κ1) is 16.7. The van der Waals surface area contributed by atoms with Crippen LogP contribution in [0.4, 0.5) is 0 Å². The minimum absolute atomic E-state index is 0.0670. The van der Waals surface area contributed by atoms with E-state index in [9.17, 15) is 4.79 Å². The van der Waals surface area contributed by atoms with Crippen LogP contribution in [0, 0.1) is 5.92 Å². The molecule has 0 radical (unpaired) electrons. The third-order valence-corrected chi connectivity index (χ3v) is 3.70. The van der Waals surface area contributed by atoms with Crippen LogP contribution in [-0.2, 0) is 4.79 Å². The first-order chi connectivity index (χ1) is 9.41. The number of nitrogens with two attached hydrogens (primary N) is 2. The van der Waals surface area contributed by atoms with Gasteiger partial charge in [0.1, 0.15) is 0 Å². The van der Waals surface area contributed by atoms with Crippen LogP contribution < -0.4 is 11.5 Å². The van der Waals surface area contributed by atoms with Crippen molar-refractivity contribution >= 4 is 5.91 Å². The molecule has 4 nitrogen and oxygen atoms in total. The normalized spacial score (nSPS) is 14.1. The highest BCUT2D eigenvalue weighted by atomic mass is 16.2. The van der Waals surface area contributed by atoms with Crippen molar-refractivity contribution in [2.24, 2.45) is 17.4 Å². The maximum Gasteiger partial charge on any atom is 0.224 e. The maximum absolute atomic E-state index is 12.1. The number of hydrogen-bond acceptors (Lipinski definition) is 3. The van der Waals surface area contributed by atoms with Crippen LogP contribution in [-0.4, -0.2) is 30.4 Å². The second kappa shape index (κ2) is 8.02. The van der Waals surface area contributed by atoms with Crippen LogP contribution in [0.25, 0.3) is 0 Å². The summed E-state index contributed by atoms with van der Waals surface area (Å²) in [5, 5.41) is 0. The van der Waals surface area contributed by atoms with Crippen molar-refractivity contribution in [2.45, 2.75) is 38.8 Å². The number of nitrogens with zero attached hydrogens (tertiary/aromatic N) is 1. The van der Waals surface area contributed by atoms with Gasteiger partial charge in [-0.2, -0.15) is 0 Å². The Labute approximate surface area is 122 Å². The Morgan fingerprint density at radius 3 is 2.35 bits per heavy atom. The van der Waals surface area contributed by atoms with Crippen molar-refractivity contribution in [3.05, 3.63) is 35.9 Å². The minimum atomic E-state index is -0.245. The van der Waals surface area contributed by atoms with Gasteiger partial charge in [0.15, 0.2) is 0 Å². The molecule has 2 unspecified atom stereocenters. The van der Waals surface area contributed by atoms with Gasteiger partial charge < -0.3 is 16.4 Å². The number of hydrogen-bond donors (Lipinski definition) is 2. The van der Waals surface area contributed by atoms with Crippen molar-refractivity contribution in [1.29, 1.82) is 0 Å². The Balaban J connectivity index is 2.42. The zero-order valence-electron chi connectivity index (χ0n) is 12.8. The zero-order chi connectivity index (χ0) is 15.1. The van der Waals surface area contributed by atoms with Crippen molar-refractivity contribution in [1.82, 2.24) is 4.90 Å². The number of carbonyl (C=O) groups excluding carboxylic acids is 1. The first-order valence-corrected chi connectivity index (χ1v) is 7.22. The van der Waals surface area contributed by atoms with E-state index >= 15 is 0 Å². The van der Waals surface area contributed by atoms with E-state index in [1.54, 1.807) is 4.90 Å². The van der Waals surface area contributed by atoms with Gasteiger partial charge in [-0.1, -0.05) is 44.2 Å². The van der Waals surface area contributed by atoms with Crippen molar-refractivity contribution in [2.75, 3.05) is 13.6 Å². The van der Waals surface area contributed by atoms with Gasteiger partial charge in [-0.05, 0) is 17.9 Å². The molecule has 2 atom stereocenters. The van der Waals surface area contributed by atoms with Gasteiger partial charge in [-0.3, -0.25) is 4.79 Å². The average Bonchev–Trinajstić information content (AvgIpc) is 2.44. The quantitative estimate of drug-likeness (QED) is 0.799. The van der Waals surface area contributed by atoms with Crippen LogP contribution >= 0.6 is 0 Å². The number of rotatable bonds is 7. The van der Waals surface area contributed by atoms with Gasteiger partial charge in [0.25, 0.3) is 0 Å². The van der Waals surface area contributed by atoms with Gasteiger partial charge in [-0.25, -0.2) is 0 Å². The summed E-state index contributed by atoms with van der Waals surface area (Å²) in [6.45, 7) is 4.87. The van der Waals surface area contributed by atoms with Crippen LogP contribution in [0.5, 0.6) is 0 Å². The topological polar surface area (TPSA) is 72.3 Å². The van der Waals surface area contributed by atoms with Crippen molar-refractivity contribution < 1.29 is 4.79 Å². The fourth-order valence-corrected chi connectivity index (χ4v) is 1.96. The molecule has 0 saturated carbocycles. The molecule has 1 aromatic rings. The summed E-state index contributed by atoms with van der Waals surface area (Å²) in [4.78, 5) is 13.8. The molecular formula is C16H27N3O. The molecule has 0 saturated heterocycles. The fourth-order valence-electron chi connectivity index (χ4n) is 1.96. The predicted octanol–water partition coefficient (Wildman–Crippen LogP) is 1.91. The second-order valence-electron chi connectivity index (χ2n) is 5.73. The molecule has 1 rings (SSSR count). The largest absolute Gasteiger partial charge is 0.346 e. The molecule has 0 spiro atoms. The highest BCUT2D eigenvalue weighted by molar-refractivity contribution is 5.76. The Morgan fingerprint density at radius 2 is 1.80 bits per heavy atom. The summed E-state index contributed by atoms with van der Waals surface area (Å²) in [5.41, 5.74) is 13.1. The Kier molecular flexibility index (Phi) is 6.68. The van der Waals surface area contributed by atoms with Crippen LogP contribution in [0.1, 0.15) is 38.3 Å². The summed E-state index contributed by atoms with van der Waals surface area (Å²) >= 11 is 0. The van der Waals surface area contributed by atoms with Gasteiger partial charge in [0.05, 0.1) is 0 Å².